The number of carbonyl (C=O) groups excluding carboxylic acids is 1. The maximum atomic E-state index is 13.2. The summed E-state index contributed by atoms with van der Waals surface area (Å²) >= 11 is 1.59. The standard InChI is InChI=1S/C22H30N4O4S2/c27-22(24-16-18-5-4-14-31-18)17-23-20-15-19(32(28,29)26-8-2-1-3-9-26)6-7-21(20)25-10-12-30-13-11-25/h4-7,14-15,23H,1-3,8-13,16-17H2,(H,24,27). The second-order valence-electron chi connectivity index (χ2n) is 7.95. The van der Waals surface area contributed by atoms with Crippen LogP contribution in [0.1, 0.15) is 24.1 Å². The topological polar surface area (TPSA) is 91.0 Å². The van der Waals surface area contributed by atoms with Gasteiger partial charge in [0.05, 0.1) is 42.6 Å². The molecule has 2 aliphatic rings. The molecule has 10 heteroatoms. The molecular weight excluding hydrogens is 448 g/mol. The molecule has 4 rings (SSSR count). The molecule has 0 saturated carbocycles. The van der Waals surface area contributed by atoms with E-state index in [0.717, 1.165) is 42.9 Å². The molecule has 2 N–H and O–H groups in total. The molecule has 1 amide bonds. The Balaban J connectivity index is 1.51. The Morgan fingerprint density at radius 1 is 1.06 bits per heavy atom. The predicted molar refractivity (Wildman–Crippen MR) is 127 cm³/mol. The smallest absolute Gasteiger partial charge is 0.243 e. The largest absolute Gasteiger partial charge is 0.378 e. The molecule has 2 saturated heterocycles. The van der Waals surface area contributed by atoms with Crippen molar-refractivity contribution >= 4 is 38.6 Å². The molecule has 3 heterocycles. The SMILES string of the molecule is O=C(CNc1cc(S(=O)(=O)N2CCCCC2)ccc1N1CCOCC1)NCc1cccs1. The zero-order valence-electron chi connectivity index (χ0n) is 18.1. The van der Waals surface area contributed by atoms with Gasteiger partial charge in [0.15, 0.2) is 0 Å². The maximum absolute atomic E-state index is 13.2. The summed E-state index contributed by atoms with van der Waals surface area (Å²) in [7, 11) is -3.56. The number of amides is 1. The Labute approximate surface area is 193 Å². The van der Waals surface area contributed by atoms with Gasteiger partial charge in [-0.2, -0.15) is 4.31 Å². The number of sulfonamides is 1. The van der Waals surface area contributed by atoms with E-state index in [1.807, 2.05) is 23.6 Å². The van der Waals surface area contributed by atoms with E-state index in [-0.39, 0.29) is 17.3 Å². The minimum Gasteiger partial charge on any atom is -0.378 e. The van der Waals surface area contributed by atoms with Crippen LogP contribution < -0.4 is 15.5 Å². The van der Waals surface area contributed by atoms with Crippen molar-refractivity contribution in [2.24, 2.45) is 0 Å². The average molecular weight is 479 g/mol. The number of morpholine rings is 1. The van der Waals surface area contributed by atoms with Gasteiger partial charge in [0, 0.05) is 31.1 Å². The molecular formula is C22H30N4O4S2. The molecule has 0 bridgehead atoms. The summed E-state index contributed by atoms with van der Waals surface area (Å²) < 4.78 is 33.4. The highest BCUT2D eigenvalue weighted by molar-refractivity contribution is 7.89. The van der Waals surface area contributed by atoms with E-state index < -0.39 is 10.0 Å². The van der Waals surface area contributed by atoms with E-state index in [9.17, 15) is 13.2 Å². The number of benzene rings is 1. The number of rotatable bonds is 8. The summed E-state index contributed by atoms with van der Waals surface area (Å²) in [5, 5.41) is 8.06. The molecule has 0 radical (unpaired) electrons. The van der Waals surface area contributed by atoms with Crippen LogP contribution in [0.15, 0.2) is 40.6 Å². The maximum Gasteiger partial charge on any atom is 0.243 e. The van der Waals surface area contributed by atoms with E-state index in [1.54, 1.807) is 27.8 Å². The Morgan fingerprint density at radius 3 is 2.56 bits per heavy atom. The van der Waals surface area contributed by atoms with Crippen molar-refractivity contribution in [3.8, 4) is 0 Å². The van der Waals surface area contributed by atoms with Crippen molar-refractivity contribution in [1.29, 1.82) is 0 Å². The van der Waals surface area contributed by atoms with Crippen LogP contribution in [0.4, 0.5) is 11.4 Å². The van der Waals surface area contributed by atoms with Crippen molar-refractivity contribution in [3.63, 3.8) is 0 Å². The highest BCUT2D eigenvalue weighted by Gasteiger charge is 2.27. The normalized spacial score (nSPS) is 17.8. The first kappa shape index (κ1) is 23.0. The van der Waals surface area contributed by atoms with Crippen molar-refractivity contribution in [2.75, 3.05) is 56.2 Å². The molecule has 2 fully saturated rings. The van der Waals surface area contributed by atoms with Crippen LogP contribution in [-0.2, 0) is 26.1 Å². The zero-order chi connectivity index (χ0) is 22.4. The van der Waals surface area contributed by atoms with E-state index in [1.165, 1.54) is 0 Å². The molecule has 2 aliphatic heterocycles. The summed E-state index contributed by atoms with van der Waals surface area (Å²) in [4.78, 5) is 15.9. The van der Waals surface area contributed by atoms with Crippen molar-refractivity contribution in [3.05, 3.63) is 40.6 Å². The Morgan fingerprint density at radius 2 is 1.84 bits per heavy atom. The van der Waals surface area contributed by atoms with Crippen molar-refractivity contribution < 1.29 is 17.9 Å². The number of anilines is 2. The number of hydrogen-bond acceptors (Lipinski definition) is 7. The van der Waals surface area contributed by atoms with Crippen LogP contribution >= 0.6 is 11.3 Å². The lowest BCUT2D eigenvalue weighted by Gasteiger charge is -2.31. The molecule has 0 spiro atoms. The van der Waals surface area contributed by atoms with E-state index in [4.69, 9.17) is 4.74 Å². The number of thiophene rings is 1. The lowest BCUT2D eigenvalue weighted by atomic mass is 10.2. The van der Waals surface area contributed by atoms with Crippen molar-refractivity contribution in [2.45, 2.75) is 30.7 Å². The monoisotopic (exact) mass is 478 g/mol. The highest BCUT2D eigenvalue weighted by atomic mass is 32.2. The number of nitrogens with one attached hydrogen (secondary N) is 2. The summed E-state index contributed by atoms with van der Waals surface area (Å²) in [5.41, 5.74) is 1.54. The van der Waals surface area contributed by atoms with E-state index in [0.29, 0.717) is 38.5 Å². The van der Waals surface area contributed by atoms with E-state index in [2.05, 4.69) is 15.5 Å². The van der Waals surface area contributed by atoms with E-state index >= 15 is 0 Å². The van der Waals surface area contributed by atoms with Crippen LogP contribution in [0.5, 0.6) is 0 Å². The molecule has 1 aromatic heterocycles. The molecule has 0 atom stereocenters. The summed E-state index contributed by atoms with van der Waals surface area (Å²) in [6.07, 6.45) is 2.84. The van der Waals surface area contributed by atoms with Crippen LogP contribution in [0, 0.1) is 0 Å². The van der Waals surface area contributed by atoms with Gasteiger partial charge in [-0.15, -0.1) is 11.3 Å². The van der Waals surface area contributed by atoms with Gasteiger partial charge in [-0.1, -0.05) is 12.5 Å². The lowest BCUT2D eigenvalue weighted by molar-refractivity contribution is -0.119. The Bertz CT molecular complexity index is 999. The number of carbonyl (C=O) groups is 1. The minimum absolute atomic E-state index is 0.0654. The van der Waals surface area contributed by atoms with Gasteiger partial charge >= 0.3 is 0 Å². The van der Waals surface area contributed by atoms with Crippen LogP contribution in [0.3, 0.4) is 0 Å². The second kappa shape index (κ2) is 10.7. The second-order valence-corrected chi connectivity index (χ2v) is 10.9. The van der Waals surface area contributed by atoms with Gasteiger partial charge in [-0.05, 0) is 42.5 Å². The molecule has 0 unspecified atom stereocenters. The first-order valence-electron chi connectivity index (χ1n) is 11.0. The quantitative estimate of drug-likeness (QED) is 0.606. The zero-order valence-corrected chi connectivity index (χ0v) is 19.7. The average Bonchev–Trinajstić information content (AvgIpc) is 3.36. The van der Waals surface area contributed by atoms with Crippen LogP contribution in [0.25, 0.3) is 0 Å². The third-order valence-electron chi connectivity index (χ3n) is 5.75. The number of ether oxygens (including phenoxy) is 1. The molecule has 174 valence electrons. The molecule has 0 aliphatic carbocycles. The fourth-order valence-corrected chi connectivity index (χ4v) is 6.18. The molecule has 1 aromatic carbocycles. The Hall–Kier alpha value is -2.14. The van der Waals surface area contributed by atoms with Crippen molar-refractivity contribution in [1.82, 2.24) is 9.62 Å². The summed E-state index contributed by atoms with van der Waals surface area (Å²) in [6, 6.07) is 9.11. The fraction of sp³-hybridized carbons (Fsp3) is 0.500. The fourth-order valence-electron chi connectivity index (χ4n) is 3.99. The van der Waals surface area contributed by atoms with Gasteiger partial charge in [-0.25, -0.2) is 8.42 Å². The highest BCUT2D eigenvalue weighted by Crippen LogP contribution is 2.31. The number of hydrogen-bond donors (Lipinski definition) is 2. The first-order chi connectivity index (χ1) is 15.5. The third-order valence-corrected chi connectivity index (χ3v) is 8.52. The first-order valence-corrected chi connectivity index (χ1v) is 13.4. The van der Waals surface area contributed by atoms with Gasteiger partial charge in [0.25, 0.3) is 0 Å². The molecule has 2 aromatic rings. The van der Waals surface area contributed by atoms with Crippen LogP contribution in [0.2, 0.25) is 0 Å². The summed E-state index contributed by atoms with van der Waals surface area (Å²) in [5.74, 6) is -0.143. The molecule has 32 heavy (non-hydrogen) atoms. The van der Waals surface area contributed by atoms with Gasteiger partial charge in [0.2, 0.25) is 15.9 Å². The summed E-state index contributed by atoms with van der Waals surface area (Å²) in [6.45, 7) is 4.34. The lowest BCUT2D eigenvalue weighted by Crippen LogP contribution is -2.37. The van der Waals surface area contributed by atoms with Gasteiger partial charge in [-0.3, -0.25) is 4.79 Å². The Kier molecular flexibility index (Phi) is 7.67. The number of piperidine rings is 1. The molecule has 8 nitrogen and oxygen atoms in total. The predicted octanol–water partition coefficient (Wildman–Crippen LogP) is 2.49. The third kappa shape index (κ3) is 5.61. The van der Waals surface area contributed by atoms with Crippen LogP contribution in [-0.4, -0.2) is 64.6 Å². The van der Waals surface area contributed by atoms with Gasteiger partial charge < -0.3 is 20.3 Å². The minimum atomic E-state index is -3.56. The van der Waals surface area contributed by atoms with Gasteiger partial charge in [0.1, 0.15) is 0 Å². The number of nitrogens with zero attached hydrogens (tertiary/aromatic N) is 2.